The van der Waals surface area contributed by atoms with Crippen molar-refractivity contribution in [1.82, 2.24) is 10.1 Å². The molecule has 1 heterocycles. The van der Waals surface area contributed by atoms with Crippen molar-refractivity contribution in [1.29, 1.82) is 0 Å². The second-order valence-electron chi connectivity index (χ2n) is 3.33. The van der Waals surface area contributed by atoms with Gasteiger partial charge in [0.05, 0.1) is 0 Å². The fourth-order valence-corrected chi connectivity index (χ4v) is 1.33. The Morgan fingerprint density at radius 1 is 1.06 bits per heavy atom. The number of aromatic nitrogens is 2. The fraction of sp³-hybridized carbons (Fsp3) is 0.818. The average molecular weight is 244 g/mol. The van der Waals surface area contributed by atoms with E-state index in [4.69, 9.17) is 18.7 Å². The monoisotopic (exact) mass is 244 g/mol. The molecular formula is C11H20N2O4. The molecule has 0 aliphatic rings. The molecule has 1 atom stereocenters. The highest BCUT2D eigenvalue weighted by Gasteiger charge is 2.21. The van der Waals surface area contributed by atoms with Crippen molar-refractivity contribution in [2.45, 2.75) is 40.1 Å². The zero-order valence-corrected chi connectivity index (χ0v) is 10.8. The van der Waals surface area contributed by atoms with E-state index in [0.29, 0.717) is 31.5 Å². The quantitative estimate of drug-likeness (QED) is 0.653. The van der Waals surface area contributed by atoms with E-state index in [9.17, 15) is 0 Å². The van der Waals surface area contributed by atoms with E-state index in [1.54, 1.807) is 0 Å². The van der Waals surface area contributed by atoms with Gasteiger partial charge in [0.25, 0.3) is 5.89 Å². The molecule has 0 radical (unpaired) electrons. The molecule has 0 fully saturated rings. The summed E-state index contributed by atoms with van der Waals surface area (Å²) in [6.07, 6.45) is -0.790. The predicted octanol–water partition coefficient (Wildman–Crippen LogP) is 2.24. The van der Waals surface area contributed by atoms with Gasteiger partial charge in [-0.2, -0.15) is 4.98 Å². The van der Waals surface area contributed by atoms with Gasteiger partial charge in [-0.3, -0.25) is 0 Å². The van der Waals surface area contributed by atoms with Crippen molar-refractivity contribution in [2.24, 2.45) is 0 Å². The van der Waals surface area contributed by atoms with Gasteiger partial charge < -0.3 is 18.7 Å². The van der Waals surface area contributed by atoms with Crippen LogP contribution in [0.25, 0.3) is 0 Å². The Hall–Kier alpha value is -0.980. The van der Waals surface area contributed by atoms with Crippen LogP contribution in [0, 0.1) is 0 Å². The van der Waals surface area contributed by atoms with Crippen molar-refractivity contribution in [3.63, 3.8) is 0 Å². The van der Waals surface area contributed by atoms with Crippen LogP contribution in [0.1, 0.15) is 51.8 Å². The Kier molecular flexibility index (Phi) is 6.10. The molecule has 0 aliphatic carbocycles. The van der Waals surface area contributed by atoms with Crippen LogP contribution in [0.5, 0.6) is 0 Å². The zero-order valence-electron chi connectivity index (χ0n) is 10.8. The highest BCUT2D eigenvalue weighted by molar-refractivity contribution is 4.91. The second-order valence-corrected chi connectivity index (χ2v) is 3.33. The van der Waals surface area contributed by atoms with Gasteiger partial charge in [0.2, 0.25) is 12.1 Å². The van der Waals surface area contributed by atoms with Gasteiger partial charge in [0.15, 0.2) is 0 Å². The predicted molar refractivity (Wildman–Crippen MR) is 60.3 cm³/mol. The van der Waals surface area contributed by atoms with Crippen molar-refractivity contribution >= 4 is 0 Å². The van der Waals surface area contributed by atoms with E-state index in [2.05, 4.69) is 10.1 Å². The average Bonchev–Trinajstić information content (AvgIpc) is 2.78. The highest BCUT2D eigenvalue weighted by Crippen LogP contribution is 2.20. The first-order chi connectivity index (χ1) is 8.22. The second kappa shape index (κ2) is 7.37. The summed E-state index contributed by atoms with van der Waals surface area (Å²) in [5.41, 5.74) is 0. The van der Waals surface area contributed by atoms with Crippen molar-refractivity contribution in [3.05, 3.63) is 11.7 Å². The van der Waals surface area contributed by atoms with Crippen molar-refractivity contribution in [2.75, 3.05) is 19.8 Å². The first-order valence-corrected chi connectivity index (χ1v) is 5.91. The number of hydrogen-bond acceptors (Lipinski definition) is 6. The highest BCUT2D eigenvalue weighted by atomic mass is 16.7. The number of ether oxygens (including phenoxy) is 3. The standard InChI is InChI=1S/C11H20N2O4/c1-5-14-8(4)9-12-10(17-13-9)11(15-6-2)16-7-3/h8,11H,5-7H2,1-4H3. The molecule has 0 saturated heterocycles. The summed E-state index contributed by atoms with van der Waals surface area (Å²) < 4.78 is 21.2. The van der Waals surface area contributed by atoms with E-state index in [-0.39, 0.29) is 6.10 Å². The van der Waals surface area contributed by atoms with E-state index in [1.807, 2.05) is 27.7 Å². The third kappa shape index (κ3) is 4.07. The maximum Gasteiger partial charge on any atom is 0.283 e. The van der Waals surface area contributed by atoms with E-state index in [0.717, 1.165) is 0 Å². The van der Waals surface area contributed by atoms with Gasteiger partial charge in [-0.1, -0.05) is 5.16 Å². The molecule has 17 heavy (non-hydrogen) atoms. The number of hydrogen-bond donors (Lipinski definition) is 0. The lowest BCUT2D eigenvalue weighted by Crippen LogP contribution is -2.09. The largest absolute Gasteiger partial charge is 0.371 e. The maximum atomic E-state index is 5.37. The minimum absolute atomic E-state index is 0.193. The van der Waals surface area contributed by atoms with E-state index in [1.165, 1.54) is 0 Å². The lowest BCUT2D eigenvalue weighted by molar-refractivity contribution is -0.155. The van der Waals surface area contributed by atoms with Gasteiger partial charge in [-0.15, -0.1) is 0 Å². The van der Waals surface area contributed by atoms with Gasteiger partial charge >= 0.3 is 0 Å². The van der Waals surface area contributed by atoms with Crippen LogP contribution in [-0.2, 0) is 14.2 Å². The summed E-state index contributed by atoms with van der Waals surface area (Å²) in [6, 6.07) is 0. The molecule has 1 rings (SSSR count). The van der Waals surface area contributed by atoms with Crippen LogP contribution in [0.4, 0.5) is 0 Å². The summed E-state index contributed by atoms with van der Waals surface area (Å²) >= 11 is 0. The van der Waals surface area contributed by atoms with E-state index >= 15 is 0 Å². The number of rotatable bonds is 8. The molecule has 1 aromatic heterocycles. The van der Waals surface area contributed by atoms with Crippen LogP contribution in [-0.4, -0.2) is 30.0 Å². The Balaban J connectivity index is 2.69. The first-order valence-electron chi connectivity index (χ1n) is 5.91. The molecular weight excluding hydrogens is 224 g/mol. The third-order valence-electron chi connectivity index (χ3n) is 2.08. The molecule has 0 saturated carbocycles. The zero-order chi connectivity index (χ0) is 12.7. The maximum absolute atomic E-state index is 5.37. The minimum Gasteiger partial charge on any atom is -0.371 e. The molecule has 98 valence electrons. The summed E-state index contributed by atoms with van der Waals surface area (Å²) in [7, 11) is 0. The van der Waals surface area contributed by atoms with Crippen LogP contribution in [0.3, 0.4) is 0 Å². The van der Waals surface area contributed by atoms with Crippen LogP contribution >= 0.6 is 0 Å². The molecule has 1 aromatic rings. The molecule has 0 amide bonds. The van der Waals surface area contributed by atoms with Gasteiger partial charge in [-0.05, 0) is 27.7 Å². The molecule has 6 heteroatoms. The molecule has 0 N–H and O–H groups in total. The third-order valence-corrected chi connectivity index (χ3v) is 2.08. The molecule has 0 bridgehead atoms. The van der Waals surface area contributed by atoms with Gasteiger partial charge in [-0.25, -0.2) is 0 Å². The summed E-state index contributed by atoms with van der Waals surface area (Å²) in [6.45, 7) is 9.19. The smallest absolute Gasteiger partial charge is 0.283 e. The molecule has 1 unspecified atom stereocenters. The summed E-state index contributed by atoms with van der Waals surface area (Å²) in [5.74, 6) is 0.835. The topological polar surface area (TPSA) is 66.6 Å². The van der Waals surface area contributed by atoms with E-state index < -0.39 is 6.29 Å². The van der Waals surface area contributed by atoms with Crippen molar-refractivity contribution < 1.29 is 18.7 Å². The van der Waals surface area contributed by atoms with Crippen LogP contribution < -0.4 is 0 Å². The Morgan fingerprint density at radius 2 is 1.65 bits per heavy atom. The Labute approximate surface area is 101 Å². The normalized spacial score (nSPS) is 13.2. The van der Waals surface area contributed by atoms with Crippen LogP contribution in [0.15, 0.2) is 4.52 Å². The fourth-order valence-electron chi connectivity index (χ4n) is 1.33. The molecule has 0 aromatic carbocycles. The van der Waals surface area contributed by atoms with Gasteiger partial charge in [0.1, 0.15) is 6.10 Å². The number of nitrogens with zero attached hydrogens (tertiary/aromatic N) is 2. The molecule has 6 nitrogen and oxygen atoms in total. The molecule has 0 aliphatic heterocycles. The molecule has 0 spiro atoms. The summed E-state index contributed by atoms with van der Waals surface area (Å²) in [4.78, 5) is 4.21. The first kappa shape index (κ1) is 14.1. The van der Waals surface area contributed by atoms with Crippen LogP contribution in [0.2, 0.25) is 0 Å². The van der Waals surface area contributed by atoms with Gasteiger partial charge in [0, 0.05) is 19.8 Å². The Morgan fingerprint density at radius 3 is 2.18 bits per heavy atom. The van der Waals surface area contributed by atoms with Crippen molar-refractivity contribution in [3.8, 4) is 0 Å². The SMILES string of the molecule is CCOC(C)c1noc(C(OCC)OCC)n1. The Bertz CT molecular complexity index is 310. The minimum atomic E-state index is -0.597. The lowest BCUT2D eigenvalue weighted by atomic mass is 10.4. The lowest BCUT2D eigenvalue weighted by Gasteiger charge is -2.11. The summed E-state index contributed by atoms with van der Waals surface area (Å²) in [5, 5.41) is 3.85.